The van der Waals surface area contributed by atoms with Crippen LogP contribution in [0.1, 0.15) is 131 Å². The van der Waals surface area contributed by atoms with E-state index in [4.69, 9.17) is 4.18 Å². The van der Waals surface area contributed by atoms with Crippen LogP contribution >= 0.6 is 0 Å². The van der Waals surface area contributed by atoms with Gasteiger partial charge >= 0.3 is 20.2 Å². The van der Waals surface area contributed by atoms with Crippen LogP contribution in [0, 0.1) is 0 Å². The zero-order chi connectivity index (χ0) is 31.0. The lowest BCUT2D eigenvalue weighted by atomic mass is 9.75. The van der Waals surface area contributed by atoms with Crippen LogP contribution in [0.5, 0.6) is 5.75 Å². The zero-order valence-electron chi connectivity index (χ0n) is 22.9. The molecule has 0 unspecified atom stereocenters. The molecule has 1 aromatic rings. The van der Waals surface area contributed by atoms with Gasteiger partial charge in [0.05, 0.1) is 0 Å². The first-order chi connectivity index (χ1) is 19.5. The van der Waals surface area contributed by atoms with Crippen molar-refractivity contribution in [1.29, 1.82) is 0 Å². The molecule has 0 aliphatic heterocycles. The maximum atomic E-state index is 15.1. The summed E-state index contributed by atoms with van der Waals surface area (Å²) in [6.07, 6.45) is 12.4. The van der Waals surface area contributed by atoms with E-state index in [0.29, 0.717) is 36.8 Å². The van der Waals surface area contributed by atoms with Crippen molar-refractivity contribution in [2.75, 3.05) is 0 Å². The Kier molecular flexibility index (Phi) is 9.91. The molecule has 0 heterocycles. The fraction of sp³-hybridized carbons (Fsp3) is 0.769. The van der Waals surface area contributed by atoms with Crippen LogP contribution < -0.4 is 4.18 Å². The molecular formula is C26H35F5NO7S3-. The first kappa shape index (κ1) is 33.4. The molecule has 0 saturated heterocycles. The minimum atomic E-state index is -7.11. The average molecular weight is 665 g/mol. The van der Waals surface area contributed by atoms with E-state index in [2.05, 4.69) is 0 Å². The van der Waals surface area contributed by atoms with Gasteiger partial charge in [-0.3, -0.25) is 0 Å². The maximum absolute atomic E-state index is 15.1. The lowest BCUT2D eigenvalue weighted by Gasteiger charge is -2.33. The maximum Gasteiger partial charge on any atom is 0.480 e. The van der Waals surface area contributed by atoms with E-state index in [1.807, 2.05) is 0 Å². The number of nitrogens with zero attached hydrogens (tertiary/aromatic N) is 1. The Morgan fingerprint density at radius 1 is 0.595 bits per heavy atom. The Labute approximate surface area is 244 Å². The third-order valence-corrected chi connectivity index (χ3v) is 13.6. The summed E-state index contributed by atoms with van der Waals surface area (Å²) < 4.78 is 141. The highest BCUT2D eigenvalue weighted by molar-refractivity contribution is 8.18. The van der Waals surface area contributed by atoms with Crippen molar-refractivity contribution in [3.63, 3.8) is 0 Å². The summed E-state index contributed by atoms with van der Waals surface area (Å²) in [4.78, 5) is 0. The lowest BCUT2D eigenvalue weighted by Crippen LogP contribution is -2.42. The van der Waals surface area contributed by atoms with Crippen LogP contribution in [0.2, 0.25) is 0 Å². The van der Waals surface area contributed by atoms with Crippen molar-refractivity contribution in [2.45, 2.75) is 124 Å². The number of halogens is 5. The standard InChI is InChI=1S/C26H35F5NO7S3/c27-25(28,29)40(33,34)32-41(35,36)26(30,31)42(37,38)39-24-22(19-12-6-2-7-13-19)16-21(18-10-4-1-5-11-18)17-23(24)20-14-8-3-9-15-20/h16-20H,1-15H2/q-1. The van der Waals surface area contributed by atoms with Crippen LogP contribution in [0.15, 0.2) is 12.1 Å². The molecule has 3 saturated carbocycles. The second-order valence-electron chi connectivity index (χ2n) is 11.5. The van der Waals surface area contributed by atoms with Crippen molar-refractivity contribution in [3.8, 4) is 5.75 Å². The molecule has 42 heavy (non-hydrogen) atoms. The molecule has 3 aliphatic rings. The number of sulfonamides is 2. The van der Waals surface area contributed by atoms with Crippen LogP contribution in [-0.4, -0.2) is 35.3 Å². The van der Waals surface area contributed by atoms with Crippen LogP contribution in [0.25, 0.3) is 4.13 Å². The van der Waals surface area contributed by atoms with Gasteiger partial charge in [-0.05, 0) is 73.0 Å². The van der Waals surface area contributed by atoms with E-state index in [1.54, 1.807) is 12.1 Å². The van der Waals surface area contributed by atoms with Gasteiger partial charge in [-0.25, -0.2) is 16.8 Å². The number of alkyl halides is 5. The summed E-state index contributed by atoms with van der Waals surface area (Å²) in [6, 6.07) is 3.52. The minimum absolute atomic E-state index is 0.169. The highest BCUT2D eigenvalue weighted by Gasteiger charge is 2.58. The Hall–Kier alpha value is -1.52. The zero-order valence-corrected chi connectivity index (χ0v) is 25.4. The molecule has 0 amide bonds. The van der Waals surface area contributed by atoms with Crippen LogP contribution in [-0.2, 0) is 30.2 Å². The fourth-order valence-corrected chi connectivity index (χ4v) is 10.0. The molecule has 0 atom stereocenters. The third-order valence-electron chi connectivity index (χ3n) is 8.61. The van der Waals surface area contributed by atoms with E-state index in [1.165, 1.54) is 4.13 Å². The molecule has 0 aromatic heterocycles. The first-order valence-corrected chi connectivity index (χ1v) is 18.6. The molecular weight excluding hydrogens is 629 g/mol. The molecule has 8 nitrogen and oxygen atoms in total. The largest absolute Gasteiger partial charge is 0.480 e. The molecule has 4 rings (SSSR count). The summed E-state index contributed by atoms with van der Waals surface area (Å²) in [5, 5.41) is 0. The molecule has 3 fully saturated rings. The highest BCUT2D eigenvalue weighted by atomic mass is 32.3. The second kappa shape index (κ2) is 12.5. The van der Waals surface area contributed by atoms with E-state index in [0.717, 1.165) is 76.2 Å². The van der Waals surface area contributed by atoms with Gasteiger partial charge in [-0.15, -0.1) is 0 Å². The predicted octanol–water partition coefficient (Wildman–Crippen LogP) is 7.64. The van der Waals surface area contributed by atoms with Gasteiger partial charge in [0.1, 0.15) is 5.75 Å². The summed E-state index contributed by atoms with van der Waals surface area (Å²) in [6.45, 7) is 0. The fourth-order valence-electron chi connectivity index (χ4n) is 6.40. The smallest absolute Gasteiger partial charge is 0.422 e. The van der Waals surface area contributed by atoms with Gasteiger partial charge in [0, 0.05) is 0 Å². The van der Waals surface area contributed by atoms with E-state index in [-0.39, 0.29) is 17.8 Å². The Bertz CT molecular complexity index is 1400. The molecule has 0 N–H and O–H groups in total. The number of hydrogen-bond acceptors (Lipinski definition) is 7. The van der Waals surface area contributed by atoms with Crippen LogP contribution in [0.4, 0.5) is 22.0 Å². The number of hydrogen-bond donors (Lipinski definition) is 0. The highest BCUT2D eigenvalue weighted by Crippen LogP contribution is 2.49. The summed E-state index contributed by atoms with van der Waals surface area (Å²) in [7, 11) is -20.7. The van der Waals surface area contributed by atoms with Crippen molar-refractivity contribution < 1.29 is 51.4 Å². The van der Waals surface area contributed by atoms with Crippen molar-refractivity contribution in [3.05, 3.63) is 33.0 Å². The molecule has 16 heteroatoms. The predicted molar refractivity (Wildman–Crippen MR) is 146 cm³/mol. The van der Waals surface area contributed by atoms with Gasteiger partial charge in [0.2, 0.25) is 0 Å². The van der Waals surface area contributed by atoms with E-state index < -0.39 is 46.0 Å². The quantitative estimate of drug-likeness (QED) is 0.196. The Morgan fingerprint density at radius 2 is 0.976 bits per heavy atom. The van der Waals surface area contributed by atoms with Gasteiger partial charge in [0.25, 0.3) is 0 Å². The molecule has 0 spiro atoms. The molecule has 0 bridgehead atoms. The van der Waals surface area contributed by atoms with Crippen molar-refractivity contribution in [1.82, 2.24) is 0 Å². The van der Waals surface area contributed by atoms with Gasteiger partial charge in [-0.1, -0.05) is 69.9 Å². The topological polar surface area (TPSA) is 126 Å². The van der Waals surface area contributed by atoms with Crippen molar-refractivity contribution >= 4 is 30.2 Å². The monoisotopic (exact) mass is 664 g/mol. The molecule has 240 valence electrons. The molecule has 3 aliphatic carbocycles. The summed E-state index contributed by atoms with van der Waals surface area (Å²) >= 11 is 0. The van der Waals surface area contributed by atoms with Gasteiger partial charge < -0.3 is 8.31 Å². The first-order valence-electron chi connectivity index (χ1n) is 14.3. The number of rotatable bonds is 9. The Balaban J connectivity index is 1.83. The molecule has 1 aromatic carbocycles. The number of benzene rings is 1. The van der Waals surface area contributed by atoms with E-state index >= 15 is 8.78 Å². The summed E-state index contributed by atoms with van der Waals surface area (Å²) in [5.74, 6) is -0.796. The Morgan fingerprint density at radius 3 is 1.36 bits per heavy atom. The molecule has 0 radical (unpaired) electrons. The van der Waals surface area contributed by atoms with Crippen LogP contribution in [0.3, 0.4) is 0 Å². The minimum Gasteiger partial charge on any atom is -0.422 e. The van der Waals surface area contributed by atoms with E-state index in [9.17, 15) is 38.4 Å². The van der Waals surface area contributed by atoms with Crippen molar-refractivity contribution in [2.24, 2.45) is 0 Å². The normalized spacial score (nSPS) is 21.4. The van der Waals surface area contributed by atoms with Gasteiger partial charge in [0.15, 0.2) is 20.0 Å². The summed E-state index contributed by atoms with van der Waals surface area (Å²) in [5.41, 5.74) is -4.70. The second-order valence-corrected chi connectivity index (χ2v) is 16.8. The average Bonchev–Trinajstić information content (AvgIpc) is 2.93. The third kappa shape index (κ3) is 6.90. The lowest BCUT2D eigenvalue weighted by molar-refractivity contribution is -0.0425. The SMILES string of the molecule is O=S(=O)([N-]S(=O)(=O)C(F)(F)S(=O)(=O)Oc1c(C2CCCCC2)cc(C2CCCCC2)cc1C1CCCCC1)C(F)(F)F. The van der Waals surface area contributed by atoms with Gasteiger partial charge in [-0.2, -0.15) is 30.4 Å².